The summed E-state index contributed by atoms with van der Waals surface area (Å²) in [6, 6.07) is 5.69. The maximum absolute atomic E-state index is 6.02. The van der Waals surface area contributed by atoms with Crippen molar-refractivity contribution in [3.63, 3.8) is 0 Å². The van der Waals surface area contributed by atoms with E-state index in [0.29, 0.717) is 22.7 Å². The Morgan fingerprint density at radius 2 is 2.00 bits per heavy atom. The van der Waals surface area contributed by atoms with Crippen LogP contribution in [0.1, 0.15) is 49.4 Å². The highest BCUT2D eigenvalue weighted by Gasteiger charge is 2.29. The van der Waals surface area contributed by atoms with Crippen LogP contribution in [0.25, 0.3) is 11.1 Å². The third-order valence-electron chi connectivity index (χ3n) is 4.69. The zero-order chi connectivity index (χ0) is 16.7. The van der Waals surface area contributed by atoms with E-state index in [9.17, 15) is 0 Å². The highest BCUT2D eigenvalue weighted by atomic mass is 35.5. The number of rotatable bonds is 3. The number of oxazole rings is 1. The third-order valence-corrected chi connectivity index (χ3v) is 4.93. The summed E-state index contributed by atoms with van der Waals surface area (Å²) in [7, 11) is 0. The maximum Gasteiger partial charge on any atom is 0.233 e. The number of aryl methyl sites for hydroxylation is 1. The van der Waals surface area contributed by atoms with Crippen molar-refractivity contribution in [1.29, 1.82) is 0 Å². The molecular formula is C17H19ClN4O2. The van der Waals surface area contributed by atoms with E-state index in [-0.39, 0.29) is 6.04 Å². The maximum atomic E-state index is 6.02. The summed E-state index contributed by atoms with van der Waals surface area (Å²) in [5.41, 5.74) is 1.63. The summed E-state index contributed by atoms with van der Waals surface area (Å²) in [6.07, 6.45) is 2.00. The monoisotopic (exact) mass is 346 g/mol. The molecule has 3 heterocycles. The van der Waals surface area contributed by atoms with E-state index in [1.807, 2.05) is 25.1 Å². The Bertz CT molecular complexity index is 851. The van der Waals surface area contributed by atoms with Crippen molar-refractivity contribution in [1.82, 2.24) is 20.1 Å². The summed E-state index contributed by atoms with van der Waals surface area (Å²) in [5.74, 6) is 2.44. The predicted molar refractivity (Wildman–Crippen MR) is 90.0 cm³/mol. The molecule has 1 aliphatic rings. The molecular weight excluding hydrogens is 328 g/mol. The van der Waals surface area contributed by atoms with Gasteiger partial charge in [0.15, 0.2) is 11.5 Å². The first-order valence-corrected chi connectivity index (χ1v) is 8.58. The molecule has 0 bridgehead atoms. The van der Waals surface area contributed by atoms with E-state index in [1.165, 1.54) is 0 Å². The number of fused-ring (bicyclic) bond motifs is 1. The van der Waals surface area contributed by atoms with Gasteiger partial charge in [0.1, 0.15) is 5.52 Å². The van der Waals surface area contributed by atoms with Gasteiger partial charge in [-0.3, -0.25) is 4.90 Å². The molecule has 4 rings (SSSR count). The first-order chi connectivity index (χ1) is 11.6. The molecule has 0 aliphatic carbocycles. The number of likely N-dealkylation sites (tertiary alicyclic amines) is 1. The van der Waals surface area contributed by atoms with Crippen LogP contribution in [0.4, 0.5) is 0 Å². The van der Waals surface area contributed by atoms with Crippen LogP contribution in [0.2, 0.25) is 5.02 Å². The van der Waals surface area contributed by atoms with E-state index in [2.05, 4.69) is 27.0 Å². The van der Waals surface area contributed by atoms with E-state index in [0.717, 1.165) is 42.9 Å². The van der Waals surface area contributed by atoms with Crippen molar-refractivity contribution in [2.75, 3.05) is 13.1 Å². The zero-order valence-electron chi connectivity index (χ0n) is 13.7. The fraction of sp³-hybridized carbons (Fsp3) is 0.471. The van der Waals surface area contributed by atoms with Gasteiger partial charge in [-0.05, 0) is 51.1 Å². The van der Waals surface area contributed by atoms with Crippen molar-refractivity contribution >= 4 is 22.7 Å². The normalized spacial score (nSPS) is 18.3. The van der Waals surface area contributed by atoms with Crippen molar-refractivity contribution in [3.05, 3.63) is 40.9 Å². The first kappa shape index (κ1) is 15.6. The quantitative estimate of drug-likeness (QED) is 0.710. The molecule has 6 nitrogen and oxygen atoms in total. The highest BCUT2D eigenvalue weighted by molar-refractivity contribution is 6.31. The molecule has 0 saturated carbocycles. The third kappa shape index (κ3) is 2.91. The lowest BCUT2D eigenvalue weighted by Gasteiger charge is -2.33. The molecule has 0 radical (unpaired) electrons. The van der Waals surface area contributed by atoms with E-state index in [4.69, 9.17) is 20.4 Å². The Balaban J connectivity index is 1.45. The van der Waals surface area contributed by atoms with Gasteiger partial charge in [-0.15, -0.1) is 10.2 Å². The molecule has 3 aromatic rings. The minimum absolute atomic E-state index is 0.134. The molecule has 1 aliphatic heterocycles. The van der Waals surface area contributed by atoms with Gasteiger partial charge in [-0.1, -0.05) is 11.6 Å². The second-order valence-electron chi connectivity index (χ2n) is 6.31. The van der Waals surface area contributed by atoms with Crippen LogP contribution in [0.3, 0.4) is 0 Å². The van der Waals surface area contributed by atoms with E-state index in [1.54, 1.807) is 0 Å². The second-order valence-corrected chi connectivity index (χ2v) is 6.75. The molecule has 7 heteroatoms. The van der Waals surface area contributed by atoms with Gasteiger partial charge in [0.05, 0.1) is 6.04 Å². The number of nitrogens with zero attached hydrogens (tertiary/aromatic N) is 4. The molecule has 0 N–H and O–H groups in total. The lowest BCUT2D eigenvalue weighted by atomic mass is 9.96. The van der Waals surface area contributed by atoms with Gasteiger partial charge >= 0.3 is 0 Å². The fourth-order valence-electron chi connectivity index (χ4n) is 3.26. The number of aromatic nitrogens is 3. The highest BCUT2D eigenvalue weighted by Crippen LogP contribution is 2.33. The van der Waals surface area contributed by atoms with E-state index < -0.39 is 0 Å². The Morgan fingerprint density at radius 1 is 1.21 bits per heavy atom. The number of piperidine rings is 1. The summed E-state index contributed by atoms with van der Waals surface area (Å²) < 4.78 is 11.5. The number of benzene rings is 1. The summed E-state index contributed by atoms with van der Waals surface area (Å²) in [5, 5.41) is 8.73. The minimum atomic E-state index is 0.134. The van der Waals surface area contributed by atoms with Gasteiger partial charge in [0.2, 0.25) is 11.8 Å². The summed E-state index contributed by atoms with van der Waals surface area (Å²) in [6.45, 7) is 5.82. The zero-order valence-corrected chi connectivity index (χ0v) is 14.5. The molecule has 24 heavy (non-hydrogen) atoms. The summed E-state index contributed by atoms with van der Waals surface area (Å²) >= 11 is 6.02. The SMILES string of the molecule is Cc1nnc([C@H](C)N2CCC(c3nc4cc(Cl)ccc4o3)CC2)o1. The molecule has 2 aromatic heterocycles. The van der Waals surface area contributed by atoms with Gasteiger partial charge in [-0.2, -0.15) is 0 Å². The number of hydrogen-bond acceptors (Lipinski definition) is 6. The molecule has 1 fully saturated rings. The van der Waals surface area contributed by atoms with Gasteiger partial charge in [-0.25, -0.2) is 4.98 Å². The van der Waals surface area contributed by atoms with Crippen molar-refractivity contribution in [2.24, 2.45) is 0 Å². The largest absolute Gasteiger partial charge is 0.440 e. The van der Waals surface area contributed by atoms with Crippen LogP contribution in [0.15, 0.2) is 27.0 Å². The number of halogens is 1. The minimum Gasteiger partial charge on any atom is -0.440 e. The van der Waals surface area contributed by atoms with Crippen LogP contribution >= 0.6 is 11.6 Å². The average Bonchev–Trinajstić information content (AvgIpc) is 3.20. The van der Waals surface area contributed by atoms with Crippen molar-refractivity contribution < 1.29 is 8.83 Å². The Hall–Kier alpha value is -1.92. The van der Waals surface area contributed by atoms with Crippen LogP contribution in [0, 0.1) is 6.92 Å². The molecule has 1 saturated heterocycles. The first-order valence-electron chi connectivity index (χ1n) is 8.20. The number of hydrogen-bond donors (Lipinski definition) is 0. The Kier molecular flexibility index (Phi) is 4.02. The van der Waals surface area contributed by atoms with Gasteiger partial charge < -0.3 is 8.83 Å². The molecule has 0 unspecified atom stereocenters. The topological polar surface area (TPSA) is 68.2 Å². The molecule has 1 aromatic carbocycles. The van der Waals surface area contributed by atoms with Crippen LogP contribution < -0.4 is 0 Å². The molecule has 126 valence electrons. The Labute approximate surface area is 144 Å². The van der Waals surface area contributed by atoms with Crippen LogP contribution in [0.5, 0.6) is 0 Å². The molecule has 0 amide bonds. The molecule has 0 spiro atoms. The molecule has 1 atom stereocenters. The van der Waals surface area contributed by atoms with E-state index >= 15 is 0 Å². The van der Waals surface area contributed by atoms with Crippen LogP contribution in [-0.4, -0.2) is 33.2 Å². The smallest absolute Gasteiger partial charge is 0.233 e. The second kappa shape index (κ2) is 6.18. The Morgan fingerprint density at radius 3 is 2.71 bits per heavy atom. The van der Waals surface area contributed by atoms with Gasteiger partial charge in [0, 0.05) is 17.9 Å². The predicted octanol–water partition coefficient (Wildman–Crippen LogP) is 4.11. The fourth-order valence-corrected chi connectivity index (χ4v) is 3.43. The van der Waals surface area contributed by atoms with Gasteiger partial charge in [0.25, 0.3) is 0 Å². The average molecular weight is 347 g/mol. The lowest BCUT2D eigenvalue weighted by molar-refractivity contribution is 0.136. The van der Waals surface area contributed by atoms with Crippen molar-refractivity contribution in [3.8, 4) is 0 Å². The standard InChI is InChI=1S/C17H19ClN4O2/c1-10(16-21-20-11(2)23-16)22-7-5-12(6-8-22)17-19-14-9-13(18)3-4-15(14)24-17/h3-4,9-10,12H,5-8H2,1-2H3/t10-/m0/s1. The van der Waals surface area contributed by atoms with Crippen LogP contribution in [-0.2, 0) is 0 Å². The lowest BCUT2D eigenvalue weighted by Crippen LogP contribution is -2.35. The summed E-state index contributed by atoms with van der Waals surface area (Å²) in [4.78, 5) is 6.98. The van der Waals surface area contributed by atoms with Crippen molar-refractivity contribution in [2.45, 2.75) is 38.6 Å².